The van der Waals surface area contributed by atoms with Crippen molar-refractivity contribution in [3.8, 4) is 0 Å². The van der Waals surface area contributed by atoms with Crippen LogP contribution >= 0.6 is 0 Å². The molecular weight excluding hydrogens is 196 g/mol. The van der Waals surface area contributed by atoms with Gasteiger partial charge in [-0.25, -0.2) is 0 Å². The summed E-state index contributed by atoms with van der Waals surface area (Å²) in [5, 5.41) is 1.37. The van der Waals surface area contributed by atoms with Gasteiger partial charge < -0.3 is 10.3 Å². The Bertz CT molecular complexity index is 503. The van der Waals surface area contributed by atoms with Crippen molar-refractivity contribution in [2.75, 3.05) is 0 Å². The first-order valence-electron chi connectivity index (χ1n) is 5.75. The lowest BCUT2D eigenvalue weighted by molar-refractivity contribution is 0.719. The molecule has 0 bridgehead atoms. The Hall–Kier alpha value is -1.28. The number of nitrogens with two attached hydrogens (primary N) is 1. The average Bonchev–Trinajstić information content (AvgIpc) is 2.46. The van der Waals surface area contributed by atoms with Crippen molar-refractivity contribution in [3.63, 3.8) is 0 Å². The molecule has 0 radical (unpaired) electrons. The molecule has 1 unspecified atom stereocenters. The van der Waals surface area contributed by atoms with E-state index in [0.29, 0.717) is 0 Å². The van der Waals surface area contributed by atoms with Gasteiger partial charge in [-0.1, -0.05) is 12.1 Å². The molecule has 16 heavy (non-hydrogen) atoms. The van der Waals surface area contributed by atoms with Crippen LogP contribution in [-0.4, -0.2) is 4.57 Å². The molecule has 0 aliphatic carbocycles. The van der Waals surface area contributed by atoms with Gasteiger partial charge in [-0.15, -0.1) is 0 Å². The summed E-state index contributed by atoms with van der Waals surface area (Å²) in [5.74, 6) is 0. The van der Waals surface area contributed by atoms with E-state index < -0.39 is 0 Å². The summed E-state index contributed by atoms with van der Waals surface area (Å²) in [5.41, 5.74) is 12.6. The molecule has 2 rings (SSSR count). The van der Waals surface area contributed by atoms with Crippen LogP contribution in [0, 0.1) is 20.8 Å². The van der Waals surface area contributed by atoms with Gasteiger partial charge in [-0.3, -0.25) is 0 Å². The SMILES string of the molecule is Cc1ccc(C)c2c1c(C)c(C(C)N)n2C. The lowest BCUT2D eigenvalue weighted by Gasteiger charge is -2.09. The number of rotatable bonds is 1. The fraction of sp³-hybridized carbons (Fsp3) is 0.429. The van der Waals surface area contributed by atoms with Crippen LogP contribution in [0.1, 0.15) is 35.3 Å². The maximum atomic E-state index is 6.06. The molecule has 2 N–H and O–H groups in total. The van der Waals surface area contributed by atoms with E-state index in [1.54, 1.807) is 0 Å². The number of hydrogen-bond donors (Lipinski definition) is 1. The van der Waals surface area contributed by atoms with Crippen molar-refractivity contribution >= 4 is 10.9 Å². The number of hydrogen-bond acceptors (Lipinski definition) is 1. The number of fused-ring (bicyclic) bond motifs is 1. The Balaban J connectivity index is 2.99. The number of aromatic nitrogens is 1. The molecule has 0 aliphatic heterocycles. The third-order valence-corrected chi connectivity index (χ3v) is 3.48. The zero-order valence-corrected chi connectivity index (χ0v) is 10.8. The average molecular weight is 216 g/mol. The van der Waals surface area contributed by atoms with E-state index in [1.807, 2.05) is 6.92 Å². The molecule has 0 saturated heterocycles. The lowest BCUT2D eigenvalue weighted by atomic mass is 10.0. The van der Waals surface area contributed by atoms with Gasteiger partial charge in [0.25, 0.3) is 0 Å². The summed E-state index contributed by atoms with van der Waals surface area (Å²) in [6.45, 7) is 8.55. The molecule has 2 heteroatoms. The third kappa shape index (κ3) is 1.37. The molecule has 0 saturated carbocycles. The first-order chi connectivity index (χ1) is 7.45. The Morgan fingerprint density at radius 1 is 1.12 bits per heavy atom. The van der Waals surface area contributed by atoms with Crippen molar-refractivity contribution in [2.45, 2.75) is 33.7 Å². The maximum Gasteiger partial charge on any atom is 0.0515 e. The van der Waals surface area contributed by atoms with E-state index in [1.165, 1.54) is 33.3 Å². The van der Waals surface area contributed by atoms with Crippen LogP contribution in [0.3, 0.4) is 0 Å². The van der Waals surface area contributed by atoms with E-state index in [4.69, 9.17) is 5.73 Å². The van der Waals surface area contributed by atoms with Crippen molar-refractivity contribution < 1.29 is 0 Å². The van der Waals surface area contributed by atoms with Crippen LogP contribution in [0.25, 0.3) is 10.9 Å². The maximum absolute atomic E-state index is 6.06. The van der Waals surface area contributed by atoms with Gasteiger partial charge >= 0.3 is 0 Å². The fourth-order valence-electron chi connectivity index (χ4n) is 2.85. The lowest BCUT2D eigenvalue weighted by Crippen LogP contribution is -2.11. The smallest absolute Gasteiger partial charge is 0.0515 e. The van der Waals surface area contributed by atoms with Crippen LogP contribution in [0.4, 0.5) is 0 Å². The Morgan fingerprint density at radius 3 is 2.19 bits per heavy atom. The minimum Gasteiger partial charge on any atom is -0.346 e. The predicted octanol–water partition coefficient (Wildman–Crippen LogP) is 3.12. The molecule has 1 atom stereocenters. The minimum absolute atomic E-state index is 0.0798. The first-order valence-corrected chi connectivity index (χ1v) is 5.75. The molecule has 1 aromatic carbocycles. The number of benzene rings is 1. The summed E-state index contributed by atoms with van der Waals surface area (Å²) >= 11 is 0. The summed E-state index contributed by atoms with van der Waals surface area (Å²) in [6, 6.07) is 4.45. The summed E-state index contributed by atoms with van der Waals surface area (Å²) < 4.78 is 2.25. The molecule has 0 amide bonds. The van der Waals surface area contributed by atoms with Crippen molar-refractivity contribution in [1.82, 2.24) is 4.57 Å². The Morgan fingerprint density at radius 2 is 1.69 bits per heavy atom. The highest BCUT2D eigenvalue weighted by Crippen LogP contribution is 2.32. The quantitative estimate of drug-likeness (QED) is 0.780. The predicted molar refractivity (Wildman–Crippen MR) is 69.7 cm³/mol. The zero-order valence-electron chi connectivity index (χ0n) is 10.8. The highest BCUT2D eigenvalue weighted by molar-refractivity contribution is 5.90. The van der Waals surface area contributed by atoms with Gasteiger partial charge in [0.05, 0.1) is 5.52 Å². The van der Waals surface area contributed by atoms with Crippen LogP contribution in [0.15, 0.2) is 12.1 Å². The second kappa shape index (κ2) is 3.63. The van der Waals surface area contributed by atoms with Crippen LogP contribution in [0.2, 0.25) is 0 Å². The largest absolute Gasteiger partial charge is 0.346 e. The highest BCUT2D eigenvalue weighted by Gasteiger charge is 2.17. The van der Waals surface area contributed by atoms with Gasteiger partial charge in [-0.05, 0) is 44.4 Å². The summed E-state index contributed by atoms with van der Waals surface area (Å²) in [7, 11) is 2.11. The topological polar surface area (TPSA) is 30.9 Å². The van der Waals surface area contributed by atoms with Gasteiger partial charge in [-0.2, -0.15) is 0 Å². The highest BCUT2D eigenvalue weighted by atomic mass is 15.0. The minimum atomic E-state index is 0.0798. The molecule has 86 valence electrons. The van der Waals surface area contributed by atoms with Gasteiger partial charge in [0.2, 0.25) is 0 Å². The second-order valence-corrected chi connectivity index (χ2v) is 4.78. The molecule has 0 aliphatic rings. The van der Waals surface area contributed by atoms with Crippen molar-refractivity contribution in [3.05, 3.63) is 34.5 Å². The first kappa shape index (κ1) is 11.2. The van der Waals surface area contributed by atoms with E-state index in [9.17, 15) is 0 Å². The van der Waals surface area contributed by atoms with Crippen LogP contribution < -0.4 is 5.73 Å². The number of aryl methyl sites for hydroxylation is 4. The number of nitrogens with zero attached hydrogens (tertiary/aromatic N) is 1. The van der Waals surface area contributed by atoms with Crippen LogP contribution in [0.5, 0.6) is 0 Å². The second-order valence-electron chi connectivity index (χ2n) is 4.78. The van der Waals surface area contributed by atoms with Crippen molar-refractivity contribution in [1.29, 1.82) is 0 Å². The normalized spacial score (nSPS) is 13.4. The standard InChI is InChI=1S/C14H20N2/c1-8-6-7-9(2)13-12(8)10(3)14(11(4)15)16(13)5/h6-7,11H,15H2,1-5H3. The van der Waals surface area contributed by atoms with E-state index in [-0.39, 0.29) is 6.04 Å². The van der Waals surface area contributed by atoms with Gasteiger partial charge in [0.1, 0.15) is 0 Å². The molecule has 1 aromatic heterocycles. The molecule has 0 fully saturated rings. The van der Waals surface area contributed by atoms with E-state index in [2.05, 4.69) is 44.5 Å². The molecule has 1 heterocycles. The third-order valence-electron chi connectivity index (χ3n) is 3.48. The summed E-state index contributed by atoms with van der Waals surface area (Å²) in [6.07, 6.45) is 0. The fourth-order valence-corrected chi connectivity index (χ4v) is 2.85. The van der Waals surface area contributed by atoms with Crippen LogP contribution in [-0.2, 0) is 7.05 Å². The van der Waals surface area contributed by atoms with Gasteiger partial charge in [0, 0.05) is 24.2 Å². The molecule has 0 spiro atoms. The van der Waals surface area contributed by atoms with E-state index >= 15 is 0 Å². The molecule has 2 nitrogen and oxygen atoms in total. The Labute approximate surface area is 97.1 Å². The monoisotopic (exact) mass is 216 g/mol. The van der Waals surface area contributed by atoms with Gasteiger partial charge in [0.15, 0.2) is 0 Å². The van der Waals surface area contributed by atoms with E-state index in [0.717, 1.165) is 0 Å². The Kier molecular flexibility index (Phi) is 2.55. The summed E-state index contributed by atoms with van der Waals surface area (Å²) in [4.78, 5) is 0. The van der Waals surface area contributed by atoms with Crippen molar-refractivity contribution in [2.24, 2.45) is 12.8 Å². The molecule has 2 aromatic rings. The molecular formula is C14H20N2. The zero-order chi connectivity index (χ0) is 12.0.